The molecular formula is C16H25ClN2O2. The number of benzene rings is 1. The molecule has 0 heterocycles. The first-order chi connectivity index (χ1) is 9.57. The van der Waals surface area contributed by atoms with Gasteiger partial charge < -0.3 is 16.2 Å². The van der Waals surface area contributed by atoms with Gasteiger partial charge in [0.15, 0.2) is 0 Å². The number of hydrogen-bond acceptors (Lipinski definition) is 3. The smallest absolute Gasteiger partial charge is 0.228 e. The lowest BCUT2D eigenvalue weighted by Crippen LogP contribution is -2.47. The summed E-state index contributed by atoms with van der Waals surface area (Å²) in [6.07, 6.45) is 1.45. The number of halogens is 1. The number of aliphatic hydroxyl groups excluding tert-OH is 1. The number of carbonyl (C=O) groups excluding carboxylic acids is 1. The van der Waals surface area contributed by atoms with Gasteiger partial charge in [0.1, 0.15) is 0 Å². The molecule has 0 saturated carbocycles. The van der Waals surface area contributed by atoms with Crippen LogP contribution in [0.5, 0.6) is 0 Å². The highest BCUT2D eigenvalue weighted by Gasteiger charge is 2.38. The molecular weight excluding hydrogens is 288 g/mol. The van der Waals surface area contributed by atoms with Crippen LogP contribution in [0.1, 0.15) is 43.9 Å². The number of aliphatic hydroxyl groups is 1. The molecule has 5 heteroatoms. The van der Waals surface area contributed by atoms with E-state index in [-0.39, 0.29) is 24.4 Å². The fourth-order valence-electron chi connectivity index (χ4n) is 2.99. The number of nitrogens with one attached hydrogen (secondary N) is 1. The second kappa shape index (κ2) is 7.25. The fourth-order valence-corrected chi connectivity index (χ4v) is 2.99. The van der Waals surface area contributed by atoms with E-state index < -0.39 is 11.5 Å². The average molecular weight is 313 g/mol. The summed E-state index contributed by atoms with van der Waals surface area (Å²) >= 11 is 0. The first kappa shape index (κ1) is 18.0. The van der Waals surface area contributed by atoms with Crippen molar-refractivity contribution < 1.29 is 9.90 Å². The van der Waals surface area contributed by atoms with E-state index in [1.165, 1.54) is 0 Å². The molecule has 0 saturated heterocycles. The Morgan fingerprint density at radius 3 is 2.57 bits per heavy atom. The van der Waals surface area contributed by atoms with Crippen molar-refractivity contribution in [3.8, 4) is 0 Å². The minimum atomic E-state index is -0.555. The maximum atomic E-state index is 12.6. The van der Waals surface area contributed by atoms with E-state index in [1.54, 1.807) is 0 Å². The van der Waals surface area contributed by atoms with Crippen molar-refractivity contribution in [2.75, 3.05) is 6.54 Å². The Balaban J connectivity index is 0.00000220. The maximum Gasteiger partial charge on any atom is 0.228 e. The molecule has 4 N–H and O–H groups in total. The summed E-state index contributed by atoms with van der Waals surface area (Å²) in [4.78, 5) is 12.6. The van der Waals surface area contributed by atoms with Crippen LogP contribution in [0.4, 0.5) is 0 Å². The third-order valence-corrected chi connectivity index (χ3v) is 4.72. The van der Waals surface area contributed by atoms with Crippen molar-refractivity contribution in [1.82, 2.24) is 5.32 Å². The zero-order chi connectivity index (χ0) is 14.8. The average Bonchev–Trinajstić information content (AvgIpc) is 2.78. The second-order valence-electron chi connectivity index (χ2n) is 5.61. The predicted octanol–water partition coefficient (Wildman–Crippen LogP) is 1.95. The molecule has 1 aromatic rings. The first-order valence-electron chi connectivity index (χ1n) is 7.35. The number of amides is 1. The monoisotopic (exact) mass is 312 g/mol. The van der Waals surface area contributed by atoms with Crippen LogP contribution in [0.25, 0.3) is 0 Å². The van der Waals surface area contributed by atoms with Crippen LogP contribution in [0.3, 0.4) is 0 Å². The molecule has 0 bridgehead atoms. The van der Waals surface area contributed by atoms with Crippen LogP contribution in [0.2, 0.25) is 0 Å². The molecule has 21 heavy (non-hydrogen) atoms. The highest BCUT2D eigenvalue weighted by Crippen LogP contribution is 2.33. The molecule has 4 nitrogen and oxygen atoms in total. The normalized spacial score (nSPS) is 20.6. The summed E-state index contributed by atoms with van der Waals surface area (Å²) in [5, 5.41) is 13.2. The van der Waals surface area contributed by atoms with Crippen LogP contribution in [0.15, 0.2) is 24.3 Å². The highest BCUT2D eigenvalue weighted by atomic mass is 35.5. The van der Waals surface area contributed by atoms with Crippen molar-refractivity contribution in [2.45, 2.75) is 45.3 Å². The van der Waals surface area contributed by atoms with Gasteiger partial charge in [0.05, 0.1) is 17.6 Å². The van der Waals surface area contributed by atoms with Crippen molar-refractivity contribution in [1.29, 1.82) is 0 Å². The Bertz CT molecular complexity index is 481. The van der Waals surface area contributed by atoms with E-state index in [9.17, 15) is 9.90 Å². The largest absolute Gasteiger partial charge is 0.390 e. The number of nitrogens with two attached hydrogens (primary N) is 1. The Labute approximate surface area is 132 Å². The van der Waals surface area contributed by atoms with Crippen molar-refractivity contribution in [2.24, 2.45) is 11.1 Å². The molecule has 2 atom stereocenters. The lowest BCUT2D eigenvalue weighted by molar-refractivity contribution is -0.132. The lowest BCUT2D eigenvalue weighted by Gasteiger charge is -2.31. The molecule has 0 fully saturated rings. The Morgan fingerprint density at radius 2 is 2.00 bits per heavy atom. The first-order valence-corrected chi connectivity index (χ1v) is 7.35. The third kappa shape index (κ3) is 3.23. The molecule has 1 amide bonds. The van der Waals surface area contributed by atoms with E-state index in [0.29, 0.717) is 25.8 Å². The summed E-state index contributed by atoms with van der Waals surface area (Å²) in [6.45, 7) is 4.29. The summed E-state index contributed by atoms with van der Waals surface area (Å²) in [5.74, 6) is -0.0502. The molecule has 1 aromatic carbocycles. The fraction of sp³-hybridized carbons (Fsp3) is 0.562. The zero-order valence-corrected chi connectivity index (χ0v) is 13.5. The molecule has 2 rings (SSSR count). The summed E-state index contributed by atoms with van der Waals surface area (Å²) in [7, 11) is 0. The molecule has 0 aliphatic heterocycles. The van der Waals surface area contributed by atoms with Gasteiger partial charge in [-0.15, -0.1) is 12.4 Å². The molecule has 0 unspecified atom stereocenters. The number of fused-ring (bicyclic) bond motifs is 1. The van der Waals surface area contributed by atoms with E-state index >= 15 is 0 Å². The quantitative estimate of drug-likeness (QED) is 0.778. The Kier molecular flexibility index (Phi) is 6.20. The van der Waals surface area contributed by atoms with Gasteiger partial charge in [-0.25, -0.2) is 0 Å². The maximum absolute atomic E-state index is 12.6. The summed E-state index contributed by atoms with van der Waals surface area (Å²) in [6, 6.07) is 7.55. The SMILES string of the molecule is CCC(CC)(CN)C(=O)N[C@H]1c2ccccc2C[C@H]1O.Cl. The van der Waals surface area contributed by atoms with E-state index in [4.69, 9.17) is 5.73 Å². The standard InChI is InChI=1S/C16H24N2O2.ClH/c1-3-16(4-2,10-17)15(20)18-14-12-8-6-5-7-11(12)9-13(14)19;/h5-8,13-14,19H,3-4,9-10,17H2,1-2H3,(H,18,20);1H/t13-,14+;/m1./s1. The Hall–Kier alpha value is -1.10. The van der Waals surface area contributed by atoms with E-state index in [2.05, 4.69) is 5.32 Å². The second-order valence-corrected chi connectivity index (χ2v) is 5.61. The van der Waals surface area contributed by atoms with Gasteiger partial charge >= 0.3 is 0 Å². The van der Waals surface area contributed by atoms with Crippen LogP contribution in [-0.4, -0.2) is 23.7 Å². The number of rotatable bonds is 5. The van der Waals surface area contributed by atoms with Gasteiger partial charge in [-0.1, -0.05) is 38.1 Å². The topological polar surface area (TPSA) is 75.4 Å². The minimum absolute atomic E-state index is 0. The molecule has 1 aliphatic carbocycles. The number of carbonyl (C=O) groups is 1. The van der Waals surface area contributed by atoms with E-state index in [0.717, 1.165) is 11.1 Å². The molecule has 0 radical (unpaired) electrons. The van der Waals surface area contributed by atoms with Crippen molar-refractivity contribution in [3.63, 3.8) is 0 Å². The molecule has 118 valence electrons. The van der Waals surface area contributed by atoms with Gasteiger partial charge in [-0.05, 0) is 24.0 Å². The zero-order valence-electron chi connectivity index (χ0n) is 12.6. The van der Waals surface area contributed by atoms with Gasteiger partial charge in [-0.3, -0.25) is 4.79 Å². The summed E-state index contributed by atoms with van der Waals surface area (Å²) < 4.78 is 0. The van der Waals surface area contributed by atoms with E-state index in [1.807, 2.05) is 38.1 Å². The van der Waals surface area contributed by atoms with Gasteiger partial charge in [-0.2, -0.15) is 0 Å². The number of hydrogen-bond donors (Lipinski definition) is 3. The van der Waals surface area contributed by atoms with Crippen LogP contribution < -0.4 is 11.1 Å². The highest BCUT2D eigenvalue weighted by molar-refractivity contribution is 5.85. The van der Waals surface area contributed by atoms with Crippen LogP contribution >= 0.6 is 12.4 Å². The predicted molar refractivity (Wildman–Crippen MR) is 86.4 cm³/mol. The molecule has 1 aliphatic rings. The Morgan fingerprint density at radius 1 is 1.38 bits per heavy atom. The third-order valence-electron chi connectivity index (χ3n) is 4.72. The van der Waals surface area contributed by atoms with Crippen molar-refractivity contribution in [3.05, 3.63) is 35.4 Å². The minimum Gasteiger partial charge on any atom is -0.390 e. The van der Waals surface area contributed by atoms with Gasteiger partial charge in [0, 0.05) is 13.0 Å². The van der Waals surface area contributed by atoms with Gasteiger partial charge in [0.25, 0.3) is 0 Å². The molecule has 0 aromatic heterocycles. The molecule has 0 spiro atoms. The summed E-state index contributed by atoms with van der Waals surface area (Å²) in [5.41, 5.74) is 7.41. The van der Waals surface area contributed by atoms with Crippen molar-refractivity contribution >= 4 is 18.3 Å². The van der Waals surface area contributed by atoms with Gasteiger partial charge in [0.2, 0.25) is 5.91 Å². The van der Waals surface area contributed by atoms with Crippen LogP contribution in [0, 0.1) is 5.41 Å². The van der Waals surface area contributed by atoms with Crippen LogP contribution in [-0.2, 0) is 11.2 Å². The lowest BCUT2D eigenvalue weighted by atomic mass is 9.81.